The molecule has 0 heterocycles. The van der Waals surface area contributed by atoms with Gasteiger partial charge in [-0.25, -0.2) is 0 Å². The van der Waals surface area contributed by atoms with Crippen LogP contribution < -0.4 is 5.73 Å². The van der Waals surface area contributed by atoms with Crippen molar-refractivity contribution in [3.8, 4) is 0 Å². The largest absolute Gasteiger partial charge is 0.369 e. The molecular formula is C9H19NO. The lowest BCUT2D eigenvalue weighted by Crippen LogP contribution is -2.20. The number of hydrogen-bond acceptors (Lipinski definition) is 1. The van der Waals surface area contributed by atoms with E-state index < -0.39 is 0 Å². The molecule has 11 heavy (non-hydrogen) atoms. The molecule has 0 aromatic carbocycles. The highest BCUT2D eigenvalue weighted by molar-refractivity contribution is 5.76. The predicted octanol–water partition coefficient (Wildman–Crippen LogP) is 1.93. The van der Waals surface area contributed by atoms with E-state index in [0.29, 0.717) is 0 Å². The number of hydrogen-bond donors (Lipinski definition) is 1. The third-order valence-electron chi connectivity index (χ3n) is 1.90. The molecule has 0 aliphatic rings. The molecule has 0 aliphatic carbocycles. The molecule has 0 rings (SSSR count). The van der Waals surface area contributed by atoms with Crippen molar-refractivity contribution in [1.29, 1.82) is 0 Å². The molecule has 0 spiro atoms. The maximum absolute atomic E-state index is 10.6. The molecule has 0 aromatic rings. The number of primary amides is 1. The molecule has 0 saturated heterocycles. The van der Waals surface area contributed by atoms with Crippen LogP contribution in [0.2, 0.25) is 0 Å². The summed E-state index contributed by atoms with van der Waals surface area (Å²) in [5.41, 5.74) is 5.11. The Morgan fingerprint density at radius 1 is 1.27 bits per heavy atom. The summed E-state index contributed by atoms with van der Waals surface area (Å²) in [6.45, 7) is 6.27. The molecular weight excluding hydrogens is 138 g/mol. The molecule has 2 heteroatoms. The van der Waals surface area contributed by atoms with Gasteiger partial charge in [0, 0.05) is 5.92 Å². The fraction of sp³-hybridized carbons (Fsp3) is 0.889. The lowest BCUT2D eigenvalue weighted by molar-refractivity contribution is -0.121. The molecule has 2 N–H and O–H groups in total. The average Bonchev–Trinajstić information content (AvgIpc) is 1.86. The van der Waals surface area contributed by atoms with Crippen LogP contribution in [0, 0.1) is 11.8 Å². The number of carbonyl (C=O) groups excluding carboxylic acids is 1. The molecule has 0 aliphatic heterocycles. The van der Waals surface area contributed by atoms with E-state index in [9.17, 15) is 4.79 Å². The van der Waals surface area contributed by atoms with E-state index in [0.717, 1.165) is 18.8 Å². The van der Waals surface area contributed by atoms with Gasteiger partial charge in [-0.1, -0.05) is 33.6 Å². The topological polar surface area (TPSA) is 43.1 Å². The molecule has 1 unspecified atom stereocenters. The van der Waals surface area contributed by atoms with Gasteiger partial charge in [-0.3, -0.25) is 4.79 Å². The summed E-state index contributed by atoms with van der Waals surface area (Å²) < 4.78 is 0. The zero-order valence-electron chi connectivity index (χ0n) is 7.76. The van der Waals surface area contributed by atoms with Gasteiger partial charge in [0.1, 0.15) is 0 Å². The summed E-state index contributed by atoms with van der Waals surface area (Å²) in [4.78, 5) is 10.6. The SMILES string of the molecule is CC(C)CCCC(C)C(N)=O. The van der Waals surface area contributed by atoms with E-state index in [1.165, 1.54) is 6.42 Å². The van der Waals surface area contributed by atoms with Gasteiger partial charge in [0.2, 0.25) is 5.91 Å². The molecule has 66 valence electrons. The van der Waals surface area contributed by atoms with Crippen LogP contribution in [-0.2, 0) is 4.79 Å². The Hall–Kier alpha value is -0.530. The minimum atomic E-state index is -0.172. The van der Waals surface area contributed by atoms with Crippen LogP contribution in [0.5, 0.6) is 0 Å². The first-order valence-corrected chi connectivity index (χ1v) is 4.33. The van der Waals surface area contributed by atoms with Crippen molar-refractivity contribution in [1.82, 2.24) is 0 Å². The second-order valence-electron chi connectivity index (χ2n) is 3.63. The number of nitrogens with two attached hydrogens (primary N) is 1. The molecule has 1 atom stereocenters. The standard InChI is InChI=1S/C9H19NO/c1-7(2)5-4-6-8(3)9(10)11/h7-8H,4-6H2,1-3H3,(H2,10,11). The molecule has 0 radical (unpaired) electrons. The van der Waals surface area contributed by atoms with E-state index in [1.54, 1.807) is 0 Å². The Morgan fingerprint density at radius 2 is 1.82 bits per heavy atom. The van der Waals surface area contributed by atoms with Crippen molar-refractivity contribution in [3.63, 3.8) is 0 Å². The zero-order valence-corrected chi connectivity index (χ0v) is 7.76. The lowest BCUT2D eigenvalue weighted by Gasteiger charge is -2.07. The van der Waals surface area contributed by atoms with Gasteiger partial charge in [0.15, 0.2) is 0 Å². The highest BCUT2D eigenvalue weighted by Gasteiger charge is 2.07. The van der Waals surface area contributed by atoms with E-state index in [4.69, 9.17) is 5.73 Å². The quantitative estimate of drug-likeness (QED) is 0.651. The van der Waals surface area contributed by atoms with Gasteiger partial charge in [0.05, 0.1) is 0 Å². The number of rotatable bonds is 5. The van der Waals surface area contributed by atoms with Crippen LogP contribution in [0.4, 0.5) is 0 Å². The highest BCUT2D eigenvalue weighted by Crippen LogP contribution is 2.11. The van der Waals surface area contributed by atoms with Gasteiger partial charge in [0.25, 0.3) is 0 Å². The first kappa shape index (κ1) is 10.5. The van der Waals surface area contributed by atoms with E-state index >= 15 is 0 Å². The molecule has 1 amide bonds. The fourth-order valence-electron chi connectivity index (χ4n) is 0.975. The summed E-state index contributed by atoms with van der Waals surface area (Å²) in [5, 5.41) is 0. The highest BCUT2D eigenvalue weighted by atomic mass is 16.1. The Morgan fingerprint density at radius 3 is 2.18 bits per heavy atom. The van der Waals surface area contributed by atoms with Gasteiger partial charge in [-0.15, -0.1) is 0 Å². The summed E-state index contributed by atoms with van der Waals surface area (Å²) in [5.74, 6) is 0.609. The minimum Gasteiger partial charge on any atom is -0.369 e. The Bertz CT molecular complexity index is 121. The van der Waals surface area contributed by atoms with E-state index in [2.05, 4.69) is 13.8 Å². The van der Waals surface area contributed by atoms with Crippen molar-refractivity contribution in [2.24, 2.45) is 17.6 Å². The molecule has 0 aromatic heterocycles. The maximum Gasteiger partial charge on any atom is 0.220 e. The summed E-state index contributed by atoms with van der Waals surface area (Å²) in [7, 11) is 0. The first-order chi connectivity index (χ1) is 5.04. The second kappa shape index (κ2) is 5.16. The Kier molecular flexibility index (Phi) is 4.92. The van der Waals surface area contributed by atoms with Crippen LogP contribution in [0.15, 0.2) is 0 Å². The van der Waals surface area contributed by atoms with Gasteiger partial charge in [-0.2, -0.15) is 0 Å². The molecule has 0 bridgehead atoms. The first-order valence-electron chi connectivity index (χ1n) is 4.33. The third kappa shape index (κ3) is 5.89. The van der Waals surface area contributed by atoms with Crippen LogP contribution in [0.25, 0.3) is 0 Å². The smallest absolute Gasteiger partial charge is 0.220 e. The van der Waals surface area contributed by atoms with Crippen molar-refractivity contribution in [2.75, 3.05) is 0 Å². The van der Waals surface area contributed by atoms with E-state index in [1.807, 2.05) is 6.92 Å². The van der Waals surface area contributed by atoms with Crippen molar-refractivity contribution in [3.05, 3.63) is 0 Å². The fourth-order valence-corrected chi connectivity index (χ4v) is 0.975. The Balaban J connectivity index is 3.31. The van der Waals surface area contributed by atoms with Crippen molar-refractivity contribution < 1.29 is 4.79 Å². The summed E-state index contributed by atoms with van der Waals surface area (Å²) in [6.07, 6.45) is 3.24. The Labute approximate surface area is 69.2 Å². The van der Waals surface area contributed by atoms with Gasteiger partial charge < -0.3 is 5.73 Å². The number of amides is 1. The van der Waals surface area contributed by atoms with Gasteiger partial charge in [-0.05, 0) is 12.3 Å². The average molecular weight is 157 g/mol. The lowest BCUT2D eigenvalue weighted by atomic mass is 9.99. The molecule has 0 fully saturated rings. The van der Waals surface area contributed by atoms with Crippen LogP contribution in [0.3, 0.4) is 0 Å². The molecule has 2 nitrogen and oxygen atoms in total. The number of carbonyl (C=O) groups is 1. The van der Waals surface area contributed by atoms with Crippen molar-refractivity contribution in [2.45, 2.75) is 40.0 Å². The van der Waals surface area contributed by atoms with Crippen LogP contribution in [0.1, 0.15) is 40.0 Å². The maximum atomic E-state index is 10.6. The van der Waals surface area contributed by atoms with Crippen LogP contribution in [-0.4, -0.2) is 5.91 Å². The molecule has 0 saturated carbocycles. The van der Waals surface area contributed by atoms with E-state index in [-0.39, 0.29) is 11.8 Å². The van der Waals surface area contributed by atoms with Crippen LogP contribution >= 0.6 is 0 Å². The predicted molar refractivity (Wildman–Crippen MR) is 47.0 cm³/mol. The normalized spacial score (nSPS) is 13.5. The van der Waals surface area contributed by atoms with Gasteiger partial charge >= 0.3 is 0 Å². The van der Waals surface area contributed by atoms with Crippen molar-refractivity contribution >= 4 is 5.91 Å². The minimum absolute atomic E-state index is 0.0498. The third-order valence-corrected chi connectivity index (χ3v) is 1.90. The summed E-state index contributed by atoms with van der Waals surface area (Å²) >= 11 is 0. The second-order valence-corrected chi connectivity index (χ2v) is 3.63. The zero-order chi connectivity index (χ0) is 8.85. The monoisotopic (exact) mass is 157 g/mol. The summed E-state index contributed by atoms with van der Waals surface area (Å²) in [6, 6.07) is 0.